The summed E-state index contributed by atoms with van der Waals surface area (Å²) in [4.78, 5) is 5.52. The van der Waals surface area contributed by atoms with Crippen molar-refractivity contribution >= 4 is 22.9 Å². The number of hydrogen-bond donors (Lipinski definition) is 2. The van der Waals surface area contributed by atoms with Crippen molar-refractivity contribution in [3.63, 3.8) is 0 Å². The molecule has 0 aliphatic rings. The van der Waals surface area contributed by atoms with Crippen molar-refractivity contribution in [3.8, 4) is 0 Å². The number of aromatic nitrogens is 3. The number of nitrogens with zero attached hydrogens (tertiary/aromatic N) is 3. The van der Waals surface area contributed by atoms with E-state index in [1.54, 1.807) is 17.5 Å². The van der Waals surface area contributed by atoms with Crippen LogP contribution in [0.5, 0.6) is 0 Å². The van der Waals surface area contributed by atoms with E-state index >= 15 is 0 Å². The highest BCUT2D eigenvalue weighted by Crippen LogP contribution is 2.34. The maximum Gasteiger partial charge on any atom is 0.100 e. The molecule has 19 heavy (non-hydrogen) atoms. The van der Waals surface area contributed by atoms with Crippen molar-refractivity contribution in [3.05, 3.63) is 32.5 Å². The van der Waals surface area contributed by atoms with Gasteiger partial charge in [-0.05, 0) is 27.7 Å². The molecule has 0 radical (unpaired) electrons. The fourth-order valence-corrected chi connectivity index (χ4v) is 3.36. The Bertz CT molecular complexity index is 575. The molecule has 0 saturated heterocycles. The fourth-order valence-electron chi connectivity index (χ4n) is 2.13. The Kier molecular flexibility index (Phi) is 4.25. The minimum absolute atomic E-state index is 0.191. The first kappa shape index (κ1) is 14.5. The minimum atomic E-state index is -0.191. The molecule has 0 spiro atoms. The zero-order valence-corrected chi connectivity index (χ0v) is 13.0. The number of hydrogen-bond acceptors (Lipinski definition) is 5. The largest absolute Gasteiger partial charge is 0.270 e. The summed E-state index contributed by atoms with van der Waals surface area (Å²) in [6.45, 7) is 8.08. The molecule has 0 aromatic carbocycles. The van der Waals surface area contributed by atoms with Gasteiger partial charge in [0.05, 0.1) is 32.5 Å². The molecule has 0 aliphatic heterocycles. The third-order valence-electron chi connectivity index (χ3n) is 2.92. The number of aryl methyl sites for hydroxylation is 2. The lowest BCUT2D eigenvalue weighted by Gasteiger charge is -2.19. The van der Waals surface area contributed by atoms with E-state index in [1.807, 2.05) is 18.5 Å². The van der Waals surface area contributed by atoms with Crippen LogP contribution in [0.25, 0.3) is 0 Å². The molecule has 1 atom stereocenters. The SMILES string of the molecule is Cc1nc(C)c(C(NN)c2c(Cl)cnn2C(C)C)s1. The fraction of sp³-hybridized carbons (Fsp3) is 0.500. The highest BCUT2D eigenvalue weighted by atomic mass is 35.5. The standard InChI is InChI=1S/C12H18ClN5S/c1-6(2)18-11(9(13)5-15-18)10(17-14)12-7(3)16-8(4)19-12/h5-6,10,17H,14H2,1-4H3. The highest BCUT2D eigenvalue weighted by molar-refractivity contribution is 7.11. The van der Waals surface area contributed by atoms with E-state index in [4.69, 9.17) is 17.4 Å². The first-order valence-corrected chi connectivity index (χ1v) is 7.28. The van der Waals surface area contributed by atoms with Crippen LogP contribution in [0.1, 0.15) is 47.2 Å². The predicted molar refractivity (Wildman–Crippen MR) is 78.4 cm³/mol. The Labute approximate surface area is 121 Å². The van der Waals surface area contributed by atoms with Gasteiger partial charge in [-0.25, -0.2) is 10.4 Å². The van der Waals surface area contributed by atoms with Crippen LogP contribution in [0.3, 0.4) is 0 Å². The lowest BCUT2D eigenvalue weighted by Crippen LogP contribution is -2.31. The molecular formula is C12H18ClN5S. The minimum Gasteiger partial charge on any atom is -0.270 e. The summed E-state index contributed by atoms with van der Waals surface area (Å²) in [6, 6.07) is 0.0243. The maximum absolute atomic E-state index is 6.28. The van der Waals surface area contributed by atoms with Gasteiger partial charge in [0.1, 0.15) is 6.04 Å². The molecule has 0 fully saturated rings. The molecule has 3 N–H and O–H groups in total. The van der Waals surface area contributed by atoms with Gasteiger partial charge in [-0.2, -0.15) is 5.10 Å². The number of thiazole rings is 1. The topological polar surface area (TPSA) is 68.8 Å². The average molecular weight is 300 g/mol. The van der Waals surface area contributed by atoms with E-state index in [9.17, 15) is 0 Å². The smallest absolute Gasteiger partial charge is 0.100 e. The molecule has 5 nitrogen and oxygen atoms in total. The third kappa shape index (κ3) is 2.67. The number of hydrazine groups is 1. The quantitative estimate of drug-likeness (QED) is 0.673. The zero-order chi connectivity index (χ0) is 14.2. The van der Waals surface area contributed by atoms with Gasteiger partial charge in [0.25, 0.3) is 0 Å². The van der Waals surface area contributed by atoms with E-state index in [1.165, 1.54) is 0 Å². The molecule has 2 aromatic rings. The lowest BCUT2D eigenvalue weighted by molar-refractivity contribution is 0.478. The molecule has 104 valence electrons. The molecular weight excluding hydrogens is 282 g/mol. The zero-order valence-electron chi connectivity index (χ0n) is 11.4. The van der Waals surface area contributed by atoms with Crippen LogP contribution in [-0.2, 0) is 0 Å². The molecule has 0 bridgehead atoms. The van der Waals surface area contributed by atoms with E-state index in [2.05, 4.69) is 29.4 Å². The number of halogens is 1. The molecule has 2 aromatic heterocycles. The Morgan fingerprint density at radius 2 is 2.11 bits per heavy atom. The van der Waals surface area contributed by atoms with Crippen molar-refractivity contribution in [1.29, 1.82) is 0 Å². The summed E-state index contributed by atoms with van der Waals surface area (Å²) in [5, 5.41) is 5.95. The van der Waals surface area contributed by atoms with E-state index in [-0.39, 0.29) is 12.1 Å². The lowest BCUT2D eigenvalue weighted by atomic mass is 10.1. The second-order valence-corrected chi connectivity index (χ2v) is 6.34. The Balaban J connectivity index is 2.54. The normalized spacial score (nSPS) is 13.2. The van der Waals surface area contributed by atoms with Crippen LogP contribution < -0.4 is 11.3 Å². The third-order valence-corrected chi connectivity index (χ3v) is 4.35. The molecule has 0 saturated carbocycles. The van der Waals surface area contributed by atoms with Gasteiger partial charge in [-0.3, -0.25) is 10.5 Å². The van der Waals surface area contributed by atoms with Crippen LogP contribution in [-0.4, -0.2) is 14.8 Å². The van der Waals surface area contributed by atoms with Crippen molar-refractivity contribution in [2.45, 2.75) is 39.8 Å². The second-order valence-electron chi connectivity index (χ2n) is 4.70. The van der Waals surface area contributed by atoms with Crippen LogP contribution in [0.4, 0.5) is 0 Å². The second kappa shape index (κ2) is 5.58. The average Bonchev–Trinajstić information content (AvgIpc) is 2.85. The van der Waals surface area contributed by atoms with Gasteiger partial charge >= 0.3 is 0 Å². The van der Waals surface area contributed by atoms with Crippen molar-refractivity contribution in [2.24, 2.45) is 5.84 Å². The number of nitrogens with two attached hydrogens (primary N) is 1. The van der Waals surface area contributed by atoms with Crippen molar-refractivity contribution < 1.29 is 0 Å². The van der Waals surface area contributed by atoms with E-state index < -0.39 is 0 Å². The van der Waals surface area contributed by atoms with Gasteiger partial charge in [0.2, 0.25) is 0 Å². The predicted octanol–water partition coefficient (Wildman–Crippen LogP) is 2.74. The summed E-state index contributed by atoms with van der Waals surface area (Å²) < 4.78 is 1.89. The van der Waals surface area contributed by atoms with E-state index in [0.717, 1.165) is 21.3 Å². The monoisotopic (exact) mass is 299 g/mol. The summed E-state index contributed by atoms with van der Waals surface area (Å²) in [6.07, 6.45) is 1.66. The summed E-state index contributed by atoms with van der Waals surface area (Å²) in [5.41, 5.74) is 4.69. The molecule has 0 aliphatic carbocycles. The van der Waals surface area contributed by atoms with Crippen LogP contribution in [0.15, 0.2) is 6.20 Å². The molecule has 7 heteroatoms. The van der Waals surface area contributed by atoms with Crippen molar-refractivity contribution in [1.82, 2.24) is 20.2 Å². The van der Waals surface area contributed by atoms with Gasteiger partial charge in [0, 0.05) is 6.04 Å². The Morgan fingerprint density at radius 1 is 1.42 bits per heavy atom. The van der Waals surface area contributed by atoms with E-state index in [0.29, 0.717) is 5.02 Å². The summed E-state index contributed by atoms with van der Waals surface area (Å²) in [7, 11) is 0. The molecule has 0 amide bonds. The van der Waals surface area contributed by atoms with Gasteiger partial charge in [-0.15, -0.1) is 11.3 Å². The molecule has 2 rings (SSSR count). The summed E-state index contributed by atoms with van der Waals surface area (Å²) >= 11 is 7.90. The highest BCUT2D eigenvalue weighted by Gasteiger charge is 2.25. The maximum atomic E-state index is 6.28. The molecule has 2 heterocycles. The Hall–Kier alpha value is -0.950. The first-order valence-electron chi connectivity index (χ1n) is 6.08. The van der Waals surface area contributed by atoms with Gasteiger partial charge in [0.15, 0.2) is 0 Å². The van der Waals surface area contributed by atoms with Gasteiger partial charge in [-0.1, -0.05) is 11.6 Å². The van der Waals surface area contributed by atoms with Gasteiger partial charge < -0.3 is 0 Å². The number of nitrogens with one attached hydrogen (secondary N) is 1. The summed E-state index contributed by atoms with van der Waals surface area (Å²) in [5.74, 6) is 5.74. The van der Waals surface area contributed by atoms with Crippen molar-refractivity contribution in [2.75, 3.05) is 0 Å². The Morgan fingerprint density at radius 3 is 2.58 bits per heavy atom. The van der Waals surface area contributed by atoms with Crippen LogP contribution in [0, 0.1) is 13.8 Å². The van der Waals surface area contributed by atoms with Crippen LogP contribution >= 0.6 is 22.9 Å². The molecule has 1 unspecified atom stereocenters. The van der Waals surface area contributed by atoms with Crippen LogP contribution in [0.2, 0.25) is 5.02 Å². The first-order chi connectivity index (χ1) is 8.95. The number of rotatable bonds is 4.